The van der Waals surface area contributed by atoms with E-state index >= 15 is 0 Å². The summed E-state index contributed by atoms with van der Waals surface area (Å²) in [7, 11) is 0. The summed E-state index contributed by atoms with van der Waals surface area (Å²) < 4.78 is 1.00. The highest BCUT2D eigenvalue weighted by Crippen LogP contribution is 2.34. The zero-order valence-electron chi connectivity index (χ0n) is 14.9. The normalized spacial score (nSPS) is 10.6. The summed E-state index contributed by atoms with van der Waals surface area (Å²) >= 11 is 0. The van der Waals surface area contributed by atoms with Gasteiger partial charge in [-0.15, -0.1) is 0 Å². The maximum absolute atomic E-state index is 13.0. The fraction of sp³-hybridized carbons (Fsp3) is 0.105. The van der Waals surface area contributed by atoms with E-state index in [1.807, 2.05) is 0 Å². The average Bonchev–Trinajstić information content (AvgIpc) is 2.92. The van der Waals surface area contributed by atoms with E-state index in [2.05, 4.69) is 5.32 Å². The van der Waals surface area contributed by atoms with E-state index in [9.17, 15) is 29.6 Å². The van der Waals surface area contributed by atoms with E-state index in [1.165, 1.54) is 26.0 Å². The van der Waals surface area contributed by atoms with Gasteiger partial charge in [-0.2, -0.15) is 0 Å². The SMILES string of the molecule is CC(=O)Nc1ccc(C(=O)c2c(O)n(C(C)=O)c3ccccc23)cc1[N+](=O)[O-]. The van der Waals surface area contributed by atoms with Crippen molar-refractivity contribution in [1.29, 1.82) is 0 Å². The Morgan fingerprint density at radius 1 is 1.11 bits per heavy atom. The number of rotatable bonds is 4. The summed E-state index contributed by atoms with van der Waals surface area (Å²) in [5.41, 5.74) is -0.365. The highest BCUT2D eigenvalue weighted by atomic mass is 16.6. The summed E-state index contributed by atoms with van der Waals surface area (Å²) in [5, 5.41) is 24.5. The van der Waals surface area contributed by atoms with Gasteiger partial charge in [-0.1, -0.05) is 18.2 Å². The molecule has 28 heavy (non-hydrogen) atoms. The molecule has 0 bridgehead atoms. The standard InChI is InChI=1S/C19H15N3O6/c1-10(23)20-14-8-7-12(9-16(14)22(27)28)18(25)17-13-5-3-4-6-15(13)21(11(2)24)19(17)26/h3-9,26H,1-2H3,(H,20,23). The number of benzene rings is 2. The molecule has 1 heterocycles. The van der Waals surface area contributed by atoms with Gasteiger partial charge in [0.05, 0.1) is 16.0 Å². The number of para-hydroxylation sites is 1. The van der Waals surface area contributed by atoms with E-state index in [0.29, 0.717) is 10.9 Å². The number of nitro benzene ring substituents is 1. The number of hydrogen-bond acceptors (Lipinski definition) is 6. The Morgan fingerprint density at radius 3 is 2.39 bits per heavy atom. The van der Waals surface area contributed by atoms with Gasteiger partial charge in [0.1, 0.15) is 5.69 Å². The first-order valence-corrected chi connectivity index (χ1v) is 8.16. The Hall–Kier alpha value is -4.01. The molecule has 9 heteroatoms. The van der Waals surface area contributed by atoms with E-state index in [1.54, 1.807) is 24.3 Å². The third-order valence-electron chi connectivity index (χ3n) is 4.16. The van der Waals surface area contributed by atoms with Crippen LogP contribution in [-0.2, 0) is 4.79 Å². The summed E-state index contributed by atoms with van der Waals surface area (Å²) in [5.74, 6) is -2.21. The van der Waals surface area contributed by atoms with E-state index in [-0.39, 0.29) is 16.8 Å². The monoisotopic (exact) mass is 381 g/mol. The molecule has 0 saturated carbocycles. The van der Waals surface area contributed by atoms with Crippen molar-refractivity contribution in [1.82, 2.24) is 4.57 Å². The van der Waals surface area contributed by atoms with Gasteiger partial charge in [0, 0.05) is 30.9 Å². The van der Waals surface area contributed by atoms with Crippen LogP contribution in [0.3, 0.4) is 0 Å². The first kappa shape index (κ1) is 18.8. The summed E-state index contributed by atoms with van der Waals surface area (Å²) in [6, 6.07) is 10.0. The second-order valence-corrected chi connectivity index (χ2v) is 6.07. The van der Waals surface area contributed by atoms with Gasteiger partial charge < -0.3 is 10.4 Å². The Balaban J connectivity index is 2.19. The number of nitrogens with one attached hydrogen (secondary N) is 1. The molecule has 0 saturated heterocycles. The van der Waals surface area contributed by atoms with Gasteiger partial charge in [0.25, 0.3) is 5.69 Å². The molecule has 3 aromatic rings. The molecule has 142 valence electrons. The zero-order valence-corrected chi connectivity index (χ0v) is 14.9. The largest absolute Gasteiger partial charge is 0.494 e. The molecule has 3 rings (SSSR count). The van der Waals surface area contributed by atoms with Crippen LogP contribution in [0.5, 0.6) is 5.88 Å². The minimum atomic E-state index is -0.721. The molecule has 0 spiro atoms. The fourth-order valence-corrected chi connectivity index (χ4v) is 3.03. The number of aromatic hydroxyl groups is 1. The molecule has 0 fully saturated rings. The molecular weight excluding hydrogens is 366 g/mol. The molecule has 0 aliphatic heterocycles. The first-order chi connectivity index (χ1) is 13.2. The molecule has 9 nitrogen and oxygen atoms in total. The molecule has 2 N–H and O–H groups in total. The minimum Gasteiger partial charge on any atom is -0.494 e. The number of fused-ring (bicyclic) bond motifs is 1. The lowest BCUT2D eigenvalue weighted by molar-refractivity contribution is -0.383. The van der Waals surface area contributed by atoms with E-state index < -0.39 is 34.1 Å². The lowest BCUT2D eigenvalue weighted by Crippen LogP contribution is -2.10. The number of nitrogens with zero attached hydrogens (tertiary/aromatic N) is 2. The number of aromatic nitrogens is 1. The number of amides is 1. The highest BCUT2D eigenvalue weighted by Gasteiger charge is 2.26. The number of anilines is 1. The van der Waals surface area contributed by atoms with Crippen LogP contribution in [0.4, 0.5) is 11.4 Å². The van der Waals surface area contributed by atoms with Crippen LogP contribution in [-0.4, -0.2) is 32.2 Å². The van der Waals surface area contributed by atoms with Crippen molar-refractivity contribution < 1.29 is 24.4 Å². The number of hydrogen-bond donors (Lipinski definition) is 2. The molecule has 0 unspecified atom stereocenters. The van der Waals surface area contributed by atoms with Crippen molar-refractivity contribution in [3.05, 3.63) is 63.7 Å². The summed E-state index contributed by atoms with van der Waals surface area (Å²) in [6.07, 6.45) is 0. The predicted molar refractivity (Wildman–Crippen MR) is 101 cm³/mol. The topological polar surface area (TPSA) is 132 Å². The van der Waals surface area contributed by atoms with Crippen LogP contribution >= 0.6 is 0 Å². The van der Waals surface area contributed by atoms with Gasteiger partial charge in [-0.25, -0.2) is 0 Å². The maximum Gasteiger partial charge on any atom is 0.293 e. The number of nitro groups is 1. The smallest absolute Gasteiger partial charge is 0.293 e. The van der Waals surface area contributed by atoms with Gasteiger partial charge in [0.2, 0.25) is 17.7 Å². The van der Waals surface area contributed by atoms with Crippen LogP contribution in [0.1, 0.15) is 34.6 Å². The lowest BCUT2D eigenvalue weighted by atomic mass is 10.0. The van der Waals surface area contributed by atoms with Crippen molar-refractivity contribution >= 4 is 39.9 Å². The third kappa shape index (κ3) is 3.09. The van der Waals surface area contributed by atoms with E-state index in [4.69, 9.17) is 0 Å². The number of ketones is 1. The third-order valence-corrected chi connectivity index (χ3v) is 4.16. The van der Waals surface area contributed by atoms with Crippen molar-refractivity contribution in [3.8, 4) is 5.88 Å². The lowest BCUT2D eigenvalue weighted by Gasteiger charge is -2.06. The summed E-state index contributed by atoms with van der Waals surface area (Å²) in [6.45, 7) is 2.45. The number of carbonyl (C=O) groups is 3. The van der Waals surface area contributed by atoms with Crippen LogP contribution < -0.4 is 5.32 Å². The molecule has 0 atom stereocenters. The maximum atomic E-state index is 13.0. The summed E-state index contributed by atoms with van der Waals surface area (Å²) in [4.78, 5) is 46.8. The Labute approximate surface area is 158 Å². The van der Waals surface area contributed by atoms with Crippen molar-refractivity contribution in [3.63, 3.8) is 0 Å². The molecular formula is C19H15N3O6. The van der Waals surface area contributed by atoms with Crippen LogP contribution in [0.15, 0.2) is 42.5 Å². The second kappa shape index (κ2) is 6.95. The van der Waals surface area contributed by atoms with Crippen LogP contribution in [0.2, 0.25) is 0 Å². The van der Waals surface area contributed by atoms with Crippen molar-refractivity contribution in [2.45, 2.75) is 13.8 Å². The molecule has 2 aromatic carbocycles. The Bertz CT molecular complexity index is 1160. The Morgan fingerprint density at radius 2 is 1.79 bits per heavy atom. The molecule has 0 radical (unpaired) electrons. The van der Waals surface area contributed by atoms with Crippen molar-refractivity contribution in [2.24, 2.45) is 0 Å². The van der Waals surface area contributed by atoms with E-state index in [0.717, 1.165) is 10.6 Å². The fourth-order valence-electron chi connectivity index (χ4n) is 3.03. The molecule has 0 aliphatic carbocycles. The minimum absolute atomic E-state index is 0.0514. The molecule has 0 aliphatic rings. The molecule has 1 aromatic heterocycles. The van der Waals surface area contributed by atoms with Crippen LogP contribution in [0, 0.1) is 10.1 Å². The van der Waals surface area contributed by atoms with Crippen LogP contribution in [0.25, 0.3) is 10.9 Å². The van der Waals surface area contributed by atoms with Gasteiger partial charge in [-0.3, -0.25) is 29.1 Å². The van der Waals surface area contributed by atoms with Crippen molar-refractivity contribution in [2.75, 3.05) is 5.32 Å². The highest BCUT2D eigenvalue weighted by molar-refractivity contribution is 6.20. The van der Waals surface area contributed by atoms with Gasteiger partial charge >= 0.3 is 0 Å². The quantitative estimate of drug-likeness (QED) is 0.405. The number of carbonyl (C=O) groups excluding carboxylic acids is 3. The molecule has 1 amide bonds. The average molecular weight is 381 g/mol. The zero-order chi connectivity index (χ0) is 20.6. The van der Waals surface area contributed by atoms with Gasteiger partial charge in [-0.05, 0) is 18.2 Å². The van der Waals surface area contributed by atoms with Gasteiger partial charge in [0.15, 0.2) is 5.78 Å². The second-order valence-electron chi connectivity index (χ2n) is 6.07. The predicted octanol–water partition coefficient (Wildman–Crippen LogP) is 3.10. The Kier molecular flexibility index (Phi) is 4.66. The first-order valence-electron chi connectivity index (χ1n) is 8.16.